The second kappa shape index (κ2) is 20.7. The molecular formula is C48H64Cl2Si2Ti2-2. The van der Waals surface area contributed by atoms with Crippen molar-refractivity contribution >= 4 is 48.1 Å². The summed E-state index contributed by atoms with van der Waals surface area (Å²) in [5.41, 5.74) is 8.79. The van der Waals surface area contributed by atoms with Crippen LogP contribution in [0.2, 0.25) is 36.3 Å². The van der Waals surface area contributed by atoms with E-state index in [0.717, 1.165) is 0 Å². The van der Waals surface area contributed by atoms with E-state index in [-0.39, 0.29) is 79.1 Å². The number of allylic oxidation sites excluding steroid dienone is 8. The first-order valence-electron chi connectivity index (χ1n) is 19.5. The minimum Gasteiger partial charge on any atom is -1.00 e. The first-order valence-corrected chi connectivity index (χ1v) is 24.8. The Labute approximate surface area is 374 Å². The number of fused-ring (bicyclic) bond motifs is 2. The van der Waals surface area contributed by atoms with Crippen LogP contribution in [0.4, 0.5) is 0 Å². The fourth-order valence-electron chi connectivity index (χ4n) is 8.87. The Morgan fingerprint density at radius 3 is 1.06 bits per heavy atom. The van der Waals surface area contributed by atoms with Crippen LogP contribution in [0.25, 0.3) is 21.5 Å². The third-order valence-corrected chi connectivity index (χ3v) is 24.7. The van der Waals surface area contributed by atoms with Gasteiger partial charge in [0.1, 0.15) is 0 Å². The van der Waals surface area contributed by atoms with E-state index in [0.29, 0.717) is 0 Å². The number of hydrogen-bond acceptors (Lipinski definition) is 0. The monoisotopic (exact) mass is 862 g/mol. The molecule has 4 aromatic carbocycles. The molecule has 2 heterocycles. The second-order valence-electron chi connectivity index (χ2n) is 16.9. The van der Waals surface area contributed by atoms with Crippen LogP contribution in [0.15, 0.2) is 106 Å². The summed E-state index contributed by atoms with van der Waals surface area (Å²) in [5, 5.41) is 9.47. The first kappa shape index (κ1) is 51.1. The van der Waals surface area contributed by atoms with Crippen LogP contribution in [-0.2, 0) is 43.4 Å². The second-order valence-corrected chi connectivity index (χ2v) is 26.5. The van der Waals surface area contributed by atoms with Gasteiger partial charge in [-0.25, -0.2) is 11.1 Å². The molecule has 288 valence electrons. The molecule has 0 spiro atoms. The smallest absolute Gasteiger partial charge is 1.00 e. The fourth-order valence-corrected chi connectivity index (χ4v) is 17.0. The molecule has 2 aliphatic carbocycles. The van der Waals surface area contributed by atoms with Gasteiger partial charge >= 0.3 is 43.4 Å². The van der Waals surface area contributed by atoms with E-state index in [9.17, 15) is 0 Å². The number of hydrogen-bond donors (Lipinski definition) is 0. The molecule has 0 nitrogen and oxygen atoms in total. The van der Waals surface area contributed by atoms with Crippen LogP contribution in [-0.4, -0.2) is 16.1 Å². The van der Waals surface area contributed by atoms with E-state index in [2.05, 4.69) is 168 Å². The van der Waals surface area contributed by atoms with E-state index in [4.69, 9.17) is 0 Å². The molecule has 0 radical (unpaired) electrons. The zero-order valence-corrected chi connectivity index (χ0v) is 42.0. The number of benzene rings is 2. The van der Waals surface area contributed by atoms with E-state index in [1.54, 1.807) is 21.1 Å². The topological polar surface area (TPSA) is 0 Å². The minimum absolute atomic E-state index is 0. The van der Waals surface area contributed by atoms with Crippen LogP contribution < -0.4 is 35.2 Å². The Kier molecular flexibility index (Phi) is 19.5. The average Bonchev–Trinajstić information content (AvgIpc) is 3.77. The molecule has 0 unspecified atom stereocenters. The van der Waals surface area contributed by atoms with Gasteiger partial charge in [0.05, 0.1) is 0 Å². The van der Waals surface area contributed by atoms with Crippen LogP contribution in [0.3, 0.4) is 0 Å². The molecule has 6 heteroatoms. The van der Waals surface area contributed by atoms with Gasteiger partial charge in [0, 0.05) is 16.1 Å². The molecular weight excluding hydrogens is 799 g/mol. The maximum Gasteiger partial charge on any atom is 2.00 e. The van der Waals surface area contributed by atoms with Crippen molar-refractivity contribution in [2.75, 3.05) is 0 Å². The van der Waals surface area contributed by atoms with Crippen molar-refractivity contribution in [3.8, 4) is 0 Å². The van der Waals surface area contributed by atoms with Crippen molar-refractivity contribution in [1.82, 2.24) is 0 Å². The van der Waals surface area contributed by atoms with E-state index in [1.807, 2.05) is 0 Å². The maximum atomic E-state index is 3.44. The molecule has 4 aliphatic rings. The van der Waals surface area contributed by atoms with Gasteiger partial charge in [-0.3, -0.25) is 12.2 Å². The Balaban J connectivity index is 0.000000358. The SMILES string of the molecule is CC1=[C-]C(C)(C)C(C)=C1C.CC1=[C-]C(C)(C)C(C)=C1C.CC[Si]1([c-]2ccc3ccccc32)CCC1.CC[Si]1([c-]2ccc3ccccc32)CCC1.[Cl-].[Cl-].[Ti+2].[Ti+2]. The summed E-state index contributed by atoms with van der Waals surface area (Å²) in [6.45, 7) is 26.6. The summed E-state index contributed by atoms with van der Waals surface area (Å²) in [6, 6.07) is 36.2. The van der Waals surface area contributed by atoms with Crippen LogP contribution >= 0.6 is 0 Å². The van der Waals surface area contributed by atoms with Gasteiger partial charge in [-0.2, -0.15) is 46.6 Å². The number of rotatable bonds is 4. The molecule has 4 aromatic rings. The Hall–Kier alpha value is -0.938. The fraction of sp³-hybridized carbons (Fsp3) is 0.458. The molecule has 0 amide bonds. The van der Waals surface area contributed by atoms with Crippen molar-refractivity contribution in [3.63, 3.8) is 0 Å². The molecule has 2 aliphatic heterocycles. The predicted molar refractivity (Wildman–Crippen MR) is 228 cm³/mol. The molecule has 8 rings (SSSR count). The quantitative estimate of drug-likeness (QED) is 0.148. The molecule has 0 bridgehead atoms. The Morgan fingerprint density at radius 1 is 0.537 bits per heavy atom. The maximum absolute atomic E-state index is 3.44. The summed E-state index contributed by atoms with van der Waals surface area (Å²) in [4.78, 5) is 0. The Morgan fingerprint density at radius 2 is 0.852 bits per heavy atom. The predicted octanol–water partition coefficient (Wildman–Crippen LogP) is 7.50. The van der Waals surface area contributed by atoms with Gasteiger partial charge in [-0.05, 0) is 0 Å². The van der Waals surface area contributed by atoms with Gasteiger partial charge in [0.15, 0.2) is 0 Å². The molecule has 0 saturated carbocycles. The third kappa shape index (κ3) is 10.4. The minimum atomic E-state index is -1.01. The molecule has 2 fully saturated rings. The standard InChI is InChI=1S/2C14H17Si.2C10H15.2ClH.2Ti/c2*1-2-15(10-5-11-15)14-9-8-12-6-3-4-7-13(12)14;2*1-7-6-10(4,5)9(3)8(7)2;;;;/h2*3-4,6-9H,2,5,10-11H2,1H3;2*1-5H3;2*1H;;/q4*-1;;;2*+2/p-2. The van der Waals surface area contributed by atoms with Gasteiger partial charge in [0.25, 0.3) is 0 Å². The van der Waals surface area contributed by atoms with Crippen LogP contribution in [0.1, 0.15) is 95.9 Å². The largest absolute Gasteiger partial charge is 2.00 e. The van der Waals surface area contributed by atoms with Crippen LogP contribution in [0, 0.1) is 23.0 Å². The van der Waals surface area contributed by atoms with Crippen molar-refractivity contribution in [2.24, 2.45) is 10.8 Å². The first-order chi connectivity index (χ1) is 23.6. The molecule has 2 saturated heterocycles. The van der Waals surface area contributed by atoms with E-state index in [1.165, 1.54) is 93.3 Å². The zero-order valence-electron chi connectivity index (χ0n) is 35.3. The molecule has 54 heavy (non-hydrogen) atoms. The normalized spacial score (nSPS) is 19.3. The Bertz CT molecular complexity index is 1800. The van der Waals surface area contributed by atoms with Crippen molar-refractivity contribution < 1.29 is 68.2 Å². The van der Waals surface area contributed by atoms with Gasteiger partial charge in [-0.1, -0.05) is 141 Å². The van der Waals surface area contributed by atoms with Crippen molar-refractivity contribution in [1.29, 1.82) is 0 Å². The average molecular weight is 864 g/mol. The molecule has 0 aromatic heterocycles. The summed E-state index contributed by atoms with van der Waals surface area (Å²) in [5.74, 6) is 0. The third-order valence-electron chi connectivity index (χ3n) is 13.6. The zero-order chi connectivity index (χ0) is 36.5. The number of halogens is 2. The van der Waals surface area contributed by atoms with Gasteiger partial charge < -0.3 is 24.8 Å². The van der Waals surface area contributed by atoms with Crippen LogP contribution in [0.5, 0.6) is 0 Å². The van der Waals surface area contributed by atoms with E-state index >= 15 is 0 Å². The van der Waals surface area contributed by atoms with Gasteiger partial charge in [0.2, 0.25) is 0 Å². The van der Waals surface area contributed by atoms with E-state index < -0.39 is 16.1 Å². The summed E-state index contributed by atoms with van der Waals surface area (Å²) in [7, 11) is -2.01. The molecule has 0 N–H and O–H groups in total. The molecule has 0 atom stereocenters. The summed E-state index contributed by atoms with van der Waals surface area (Å²) in [6.07, 6.45) is 9.81. The summed E-state index contributed by atoms with van der Waals surface area (Å²) < 4.78 is 0. The van der Waals surface area contributed by atoms with Gasteiger partial charge in [-0.15, -0.1) is 82.2 Å². The van der Waals surface area contributed by atoms with Crippen molar-refractivity contribution in [3.05, 3.63) is 118 Å². The summed E-state index contributed by atoms with van der Waals surface area (Å²) >= 11 is 0. The van der Waals surface area contributed by atoms with Crippen molar-refractivity contribution in [2.45, 2.75) is 132 Å².